The van der Waals surface area contributed by atoms with Crippen LogP contribution in [-0.4, -0.2) is 35.7 Å². The average molecular weight is 338 g/mol. The first-order valence-corrected chi connectivity index (χ1v) is 8.98. The molecule has 1 atom stereocenters. The molecule has 0 aromatic carbocycles. The number of nitrogens with zero attached hydrogens (tertiary/aromatic N) is 2. The SMILES string of the molecule is COc1cc(OC)nc(SC(C=O)C(C)(C)C2CCCCC2)n1. The van der Waals surface area contributed by atoms with Crippen LogP contribution in [0.15, 0.2) is 11.2 Å². The van der Waals surface area contributed by atoms with Gasteiger partial charge in [-0.3, -0.25) is 0 Å². The van der Waals surface area contributed by atoms with Gasteiger partial charge in [0.15, 0.2) is 5.16 Å². The number of aromatic nitrogens is 2. The van der Waals surface area contributed by atoms with Crippen LogP contribution in [0.25, 0.3) is 0 Å². The molecule has 0 saturated heterocycles. The summed E-state index contributed by atoms with van der Waals surface area (Å²) in [6.07, 6.45) is 7.25. The third kappa shape index (κ3) is 4.37. The Morgan fingerprint density at radius 1 is 1.17 bits per heavy atom. The van der Waals surface area contributed by atoms with Crippen molar-refractivity contribution in [3.8, 4) is 11.8 Å². The maximum absolute atomic E-state index is 11.8. The summed E-state index contributed by atoms with van der Waals surface area (Å²) in [7, 11) is 3.11. The van der Waals surface area contributed by atoms with E-state index in [9.17, 15) is 4.79 Å². The second-order valence-corrected chi connectivity index (χ2v) is 7.67. The second-order valence-electron chi connectivity index (χ2n) is 6.57. The molecule has 1 saturated carbocycles. The average Bonchev–Trinajstić information content (AvgIpc) is 2.59. The fourth-order valence-electron chi connectivity index (χ4n) is 3.19. The zero-order chi connectivity index (χ0) is 16.9. The molecule has 0 radical (unpaired) electrons. The second kappa shape index (κ2) is 7.99. The summed E-state index contributed by atoms with van der Waals surface area (Å²) in [5, 5.41) is 0.324. The fourth-order valence-corrected chi connectivity index (χ4v) is 4.26. The van der Waals surface area contributed by atoms with Gasteiger partial charge in [0.05, 0.1) is 25.5 Å². The Bertz CT molecular complexity index is 508. The highest BCUT2D eigenvalue weighted by molar-refractivity contribution is 8.00. The van der Waals surface area contributed by atoms with Crippen LogP contribution in [0.4, 0.5) is 0 Å². The molecule has 0 spiro atoms. The summed E-state index contributed by atoms with van der Waals surface area (Å²) < 4.78 is 10.4. The van der Waals surface area contributed by atoms with E-state index in [1.54, 1.807) is 20.3 Å². The van der Waals surface area contributed by atoms with Gasteiger partial charge in [-0.25, -0.2) is 0 Å². The first-order chi connectivity index (χ1) is 11.0. The van der Waals surface area contributed by atoms with Gasteiger partial charge in [0.25, 0.3) is 0 Å². The van der Waals surface area contributed by atoms with Crippen molar-refractivity contribution >= 4 is 18.0 Å². The number of carbonyl (C=O) groups is 1. The van der Waals surface area contributed by atoms with E-state index in [0.29, 0.717) is 22.8 Å². The van der Waals surface area contributed by atoms with E-state index in [2.05, 4.69) is 23.8 Å². The molecule has 0 amide bonds. The Labute approximate surface area is 142 Å². The lowest BCUT2D eigenvalue weighted by Crippen LogP contribution is -2.37. The zero-order valence-corrected chi connectivity index (χ0v) is 15.2. The number of thioether (sulfide) groups is 1. The normalized spacial score (nSPS) is 17.6. The highest BCUT2D eigenvalue weighted by Gasteiger charge is 2.38. The molecule has 6 heteroatoms. The first-order valence-electron chi connectivity index (χ1n) is 8.10. The number of hydrogen-bond donors (Lipinski definition) is 0. The maximum Gasteiger partial charge on any atom is 0.220 e. The molecule has 2 rings (SSSR count). The van der Waals surface area contributed by atoms with Gasteiger partial charge in [-0.05, 0) is 24.2 Å². The Hall–Kier alpha value is -1.30. The van der Waals surface area contributed by atoms with Crippen LogP contribution in [0.2, 0.25) is 0 Å². The molecule has 1 aliphatic carbocycles. The quantitative estimate of drug-likeness (QED) is 0.428. The predicted molar refractivity (Wildman–Crippen MR) is 91.2 cm³/mol. The van der Waals surface area contributed by atoms with E-state index in [4.69, 9.17) is 9.47 Å². The van der Waals surface area contributed by atoms with Crippen LogP contribution in [0.5, 0.6) is 11.8 Å². The molecule has 0 N–H and O–H groups in total. The maximum atomic E-state index is 11.8. The van der Waals surface area contributed by atoms with Gasteiger partial charge in [0.1, 0.15) is 6.29 Å². The third-order valence-electron chi connectivity index (χ3n) is 4.82. The lowest BCUT2D eigenvalue weighted by Gasteiger charge is -2.40. The number of rotatable bonds is 7. The van der Waals surface area contributed by atoms with Gasteiger partial charge in [-0.15, -0.1) is 0 Å². The van der Waals surface area contributed by atoms with Crippen molar-refractivity contribution in [1.29, 1.82) is 0 Å². The number of ether oxygens (including phenoxy) is 2. The summed E-state index contributed by atoms with van der Waals surface area (Å²) in [4.78, 5) is 20.4. The van der Waals surface area contributed by atoms with Crippen LogP contribution < -0.4 is 9.47 Å². The highest BCUT2D eigenvalue weighted by Crippen LogP contribution is 2.45. The molecular formula is C17H26N2O3S. The van der Waals surface area contributed by atoms with Crippen LogP contribution >= 0.6 is 11.8 Å². The van der Waals surface area contributed by atoms with Gasteiger partial charge < -0.3 is 14.3 Å². The van der Waals surface area contributed by atoms with E-state index in [-0.39, 0.29) is 10.7 Å². The Kier molecular flexibility index (Phi) is 6.27. The molecule has 23 heavy (non-hydrogen) atoms. The van der Waals surface area contributed by atoms with Gasteiger partial charge in [0, 0.05) is 0 Å². The molecule has 1 aromatic heterocycles. The molecule has 5 nitrogen and oxygen atoms in total. The Morgan fingerprint density at radius 2 is 1.74 bits per heavy atom. The van der Waals surface area contributed by atoms with Crippen LogP contribution in [0, 0.1) is 11.3 Å². The van der Waals surface area contributed by atoms with Gasteiger partial charge in [0.2, 0.25) is 11.8 Å². The topological polar surface area (TPSA) is 61.3 Å². The summed E-state index contributed by atoms with van der Waals surface area (Å²) in [6.45, 7) is 4.37. The van der Waals surface area contributed by atoms with E-state index < -0.39 is 0 Å². The van der Waals surface area contributed by atoms with E-state index in [1.807, 2.05) is 0 Å². The molecule has 1 fully saturated rings. The van der Waals surface area contributed by atoms with E-state index in [1.165, 1.54) is 43.9 Å². The van der Waals surface area contributed by atoms with Crippen LogP contribution in [0.3, 0.4) is 0 Å². The monoisotopic (exact) mass is 338 g/mol. The smallest absolute Gasteiger partial charge is 0.220 e. The van der Waals surface area contributed by atoms with E-state index >= 15 is 0 Å². The first kappa shape index (κ1) is 18.0. The minimum atomic E-state index is -0.192. The van der Waals surface area contributed by atoms with Gasteiger partial charge >= 0.3 is 0 Å². The number of hydrogen-bond acceptors (Lipinski definition) is 6. The van der Waals surface area contributed by atoms with Crippen molar-refractivity contribution in [3.05, 3.63) is 6.07 Å². The third-order valence-corrected chi connectivity index (χ3v) is 6.19. The molecule has 0 bridgehead atoms. The molecule has 128 valence electrons. The molecule has 1 aliphatic rings. The lowest BCUT2D eigenvalue weighted by atomic mass is 9.69. The number of carbonyl (C=O) groups excluding carboxylic acids is 1. The van der Waals surface area contributed by atoms with E-state index in [0.717, 1.165) is 6.29 Å². The fraction of sp³-hybridized carbons (Fsp3) is 0.706. The van der Waals surface area contributed by atoms with Crippen molar-refractivity contribution in [3.63, 3.8) is 0 Å². The minimum absolute atomic E-state index is 0.0908. The zero-order valence-electron chi connectivity index (χ0n) is 14.4. The highest BCUT2D eigenvalue weighted by atomic mass is 32.2. The van der Waals surface area contributed by atoms with Crippen LogP contribution in [-0.2, 0) is 4.79 Å². The van der Waals surface area contributed by atoms with Crippen molar-refractivity contribution in [2.45, 2.75) is 56.4 Å². The Balaban J connectivity index is 2.19. The minimum Gasteiger partial charge on any atom is -0.481 e. The van der Waals surface area contributed by atoms with Crippen molar-refractivity contribution in [2.24, 2.45) is 11.3 Å². The molecule has 1 heterocycles. The Morgan fingerprint density at radius 3 is 2.22 bits per heavy atom. The largest absolute Gasteiger partial charge is 0.481 e. The van der Waals surface area contributed by atoms with Crippen LogP contribution in [0.1, 0.15) is 46.0 Å². The summed E-state index contributed by atoms with van der Waals surface area (Å²) >= 11 is 1.40. The van der Waals surface area contributed by atoms with Crippen molar-refractivity contribution in [2.75, 3.05) is 14.2 Å². The lowest BCUT2D eigenvalue weighted by molar-refractivity contribution is -0.109. The summed E-state index contributed by atoms with van der Waals surface area (Å²) in [5.41, 5.74) is -0.0908. The predicted octanol–water partition coefficient (Wildman–Crippen LogP) is 3.76. The number of aldehydes is 1. The van der Waals surface area contributed by atoms with Crippen molar-refractivity contribution < 1.29 is 14.3 Å². The molecule has 0 aliphatic heterocycles. The molecule has 1 unspecified atom stereocenters. The number of methoxy groups -OCH3 is 2. The van der Waals surface area contributed by atoms with Gasteiger partial charge in [-0.2, -0.15) is 9.97 Å². The molecular weight excluding hydrogens is 312 g/mol. The molecule has 1 aromatic rings. The summed E-state index contributed by atoms with van der Waals surface area (Å²) in [6, 6.07) is 1.63. The van der Waals surface area contributed by atoms with Crippen molar-refractivity contribution in [1.82, 2.24) is 9.97 Å². The standard InChI is InChI=1S/C17H26N2O3S/c1-17(2,12-8-6-5-7-9-12)13(11-20)23-16-18-14(21-3)10-15(19-16)22-4/h10-13H,5-9H2,1-4H3. The van der Waals surface area contributed by atoms with Gasteiger partial charge in [-0.1, -0.05) is 44.9 Å². The summed E-state index contributed by atoms with van der Waals surface area (Å²) in [5.74, 6) is 1.45.